The minimum absolute atomic E-state index is 0.199. The van der Waals surface area contributed by atoms with Crippen LogP contribution < -0.4 is 0 Å². The van der Waals surface area contributed by atoms with E-state index in [9.17, 15) is 9.59 Å². The topological polar surface area (TPSA) is 80.2 Å². The minimum atomic E-state index is -0.455. The number of para-hydroxylation sites is 1. The van der Waals surface area contributed by atoms with Gasteiger partial charge in [0, 0.05) is 29.1 Å². The van der Waals surface area contributed by atoms with Gasteiger partial charge in [0.25, 0.3) is 5.91 Å². The Bertz CT molecular complexity index is 1490. The molecule has 0 spiro atoms. The van der Waals surface area contributed by atoms with Crippen molar-refractivity contribution in [3.05, 3.63) is 95.1 Å². The second kappa shape index (κ2) is 9.73. The summed E-state index contributed by atoms with van der Waals surface area (Å²) in [4.78, 5) is 32.1. The number of benzene rings is 2. The second-order valence-electron chi connectivity index (χ2n) is 10.3. The lowest BCUT2D eigenvalue weighted by Gasteiger charge is -2.18. The Morgan fingerprint density at radius 3 is 2.51 bits per heavy atom. The molecule has 1 N–H and O–H groups in total. The van der Waals surface area contributed by atoms with Crippen molar-refractivity contribution in [1.82, 2.24) is 19.7 Å². The van der Waals surface area contributed by atoms with E-state index in [2.05, 4.69) is 25.8 Å². The van der Waals surface area contributed by atoms with E-state index >= 15 is 0 Å². The highest BCUT2D eigenvalue weighted by molar-refractivity contribution is 6.18. The molecule has 1 aliphatic rings. The normalized spacial score (nSPS) is 13.7. The van der Waals surface area contributed by atoms with Crippen LogP contribution in [0.25, 0.3) is 16.5 Å². The highest BCUT2D eigenvalue weighted by Crippen LogP contribution is 2.32. The number of rotatable bonds is 5. The molecule has 0 bridgehead atoms. The van der Waals surface area contributed by atoms with Crippen molar-refractivity contribution < 1.29 is 14.3 Å². The molecule has 190 valence electrons. The lowest BCUT2D eigenvalue weighted by Crippen LogP contribution is -2.30. The van der Waals surface area contributed by atoms with Gasteiger partial charge >= 0.3 is 5.97 Å². The first-order chi connectivity index (χ1) is 17.8. The highest BCUT2D eigenvalue weighted by Gasteiger charge is 2.30. The molecule has 1 aliphatic heterocycles. The van der Waals surface area contributed by atoms with Gasteiger partial charge in [0.2, 0.25) is 0 Å². The number of nitrogens with zero attached hydrogens (tertiary/aromatic N) is 3. The van der Waals surface area contributed by atoms with Gasteiger partial charge in [-0.3, -0.25) is 9.48 Å². The SMILES string of the molecule is CCOC(=O)C1=CN(C(=O)c2cc(C(C)(C)C)nn2Cc2ccccc2)CCc2c1[nH]c1ccccc21. The van der Waals surface area contributed by atoms with Gasteiger partial charge in [-0.25, -0.2) is 4.79 Å². The van der Waals surface area contributed by atoms with Gasteiger partial charge in [-0.2, -0.15) is 5.10 Å². The summed E-state index contributed by atoms with van der Waals surface area (Å²) in [6.07, 6.45) is 2.24. The molecule has 2 aromatic carbocycles. The Hall–Kier alpha value is -4.13. The molecule has 0 saturated carbocycles. The number of carbonyl (C=O) groups excluding carboxylic acids is 2. The molecular formula is C30H32N4O3. The van der Waals surface area contributed by atoms with Crippen LogP contribution >= 0.6 is 0 Å². The van der Waals surface area contributed by atoms with Crippen LogP contribution in [0, 0.1) is 0 Å². The maximum absolute atomic E-state index is 14.0. The van der Waals surface area contributed by atoms with Gasteiger partial charge in [0.15, 0.2) is 0 Å². The molecule has 1 amide bonds. The van der Waals surface area contributed by atoms with Crippen molar-refractivity contribution in [3.63, 3.8) is 0 Å². The number of amides is 1. The standard InChI is InChI=1S/C30H32N4O3/c1-5-37-29(36)23-19-33(16-15-22-21-13-9-10-14-24(21)31-27(22)23)28(35)25-17-26(30(2,3)4)32-34(25)18-20-11-7-6-8-12-20/h6-14,17,19,31H,5,15-16,18H2,1-4H3. The Labute approximate surface area is 216 Å². The van der Waals surface area contributed by atoms with Crippen molar-refractivity contribution in [2.75, 3.05) is 13.2 Å². The predicted octanol–water partition coefficient (Wildman–Crippen LogP) is 5.31. The van der Waals surface area contributed by atoms with Gasteiger partial charge in [0.1, 0.15) is 5.69 Å². The van der Waals surface area contributed by atoms with E-state index in [0.717, 1.165) is 27.7 Å². The molecule has 0 unspecified atom stereocenters. The van der Waals surface area contributed by atoms with E-state index in [1.807, 2.05) is 60.7 Å². The number of H-pyrrole nitrogens is 1. The number of aromatic amines is 1. The molecule has 7 nitrogen and oxygen atoms in total. The first kappa shape index (κ1) is 24.6. The minimum Gasteiger partial charge on any atom is -0.462 e. The Morgan fingerprint density at radius 1 is 1.05 bits per heavy atom. The van der Waals surface area contributed by atoms with Crippen LogP contribution in [-0.4, -0.2) is 44.7 Å². The summed E-state index contributed by atoms with van der Waals surface area (Å²) in [6, 6.07) is 19.8. The molecule has 0 atom stereocenters. The number of ether oxygens (including phenoxy) is 1. The van der Waals surface area contributed by atoms with Crippen molar-refractivity contribution in [2.24, 2.45) is 0 Å². The number of carbonyl (C=O) groups is 2. The summed E-state index contributed by atoms with van der Waals surface area (Å²) < 4.78 is 7.17. The summed E-state index contributed by atoms with van der Waals surface area (Å²) >= 11 is 0. The van der Waals surface area contributed by atoms with Gasteiger partial charge in [0.05, 0.1) is 30.1 Å². The van der Waals surface area contributed by atoms with Crippen molar-refractivity contribution >= 4 is 28.4 Å². The molecule has 0 radical (unpaired) electrons. The van der Waals surface area contributed by atoms with Gasteiger partial charge in [-0.1, -0.05) is 69.3 Å². The Morgan fingerprint density at radius 2 is 1.78 bits per heavy atom. The molecule has 5 rings (SSSR count). The molecule has 4 aromatic rings. The Kier molecular flexibility index (Phi) is 6.46. The number of hydrogen-bond acceptors (Lipinski definition) is 4. The van der Waals surface area contributed by atoms with E-state index in [1.54, 1.807) is 22.7 Å². The maximum atomic E-state index is 14.0. The first-order valence-electron chi connectivity index (χ1n) is 12.7. The molecule has 2 aromatic heterocycles. The summed E-state index contributed by atoms with van der Waals surface area (Å²) in [5, 5.41) is 5.87. The molecule has 37 heavy (non-hydrogen) atoms. The van der Waals surface area contributed by atoms with Crippen LogP contribution in [0.3, 0.4) is 0 Å². The number of aromatic nitrogens is 3. The van der Waals surface area contributed by atoms with E-state index in [1.165, 1.54) is 0 Å². The first-order valence-corrected chi connectivity index (χ1v) is 12.7. The average molecular weight is 497 g/mol. The average Bonchev–Trinajstić information content (AvgIpc) is 3.41. The summed E-state index contributed by atoms with van der Waals surface area (Å²) in [5.74, 6) is -0.654. The van der Waals surface area contributed by atoms with Crippen molar-refractivity contribution in [2.45, 2.75) is 46.1 Å². The number of fused-ring (bicyclic) bond motifs is 3. The van der Waals surface area contributed by atoms with E-state index in [0.29, 0.717) is 36.5 Å². The smallest absolute Gasteiger partial charge is 0.341 e. The zero-order valence-electron chi connectivity index (χ0n) is 21.7. The number of nitrogens with one attached hydrogen (secondary N) is 1. The van der Waals surface area contributed by atoms with Crippen LogP contribution in [-0.2, 0) is 27.9 Å². The van der Waals surface area contributed by atoms with Crippen LogP contribution in [0.15, 0.2) is 66.9 Å². The molecule has 0 aliphatic carbocycles. The van der Waals surface area contributed by atoms with Crippen LogP contribution in [0.1, 0.15) is 60.7 Å². The van der Waals surface area contributed by atoms with E-state index in [4.69, 9.17) is 9.84 Å². The molecule has 3 heterocycles. The number of esters is 1. The fourth-order valence-corrected chi connectivity index (χ4v) is 4.71. The van der Waals surface area contributed by atoms with Crippen molar-refractivity contribution in [1.29, 1.82) is 0 Å². The summed E-state index contributed by atoms with van der Waals surface area (Å²) in [7, 11) is 0. The van der Waals surface area contributed by atoms with Crippen LogP contribution in [0.5, 0.6) is 0 Å². The van der Waals surface area contributed by atoms with Gasteiger partial charge < -0.3 is 14.6 Å². The fourth-order valence-electron chi connectivity index (χ4n) is 4.71. The summed E-state index contributed by atoms with van der Waals surface area (Å²) in [6.45, 7) is 9.18. The third-order valence-electron chi connectivity index (χ3n) is 6.67. The third-order valence-corrected chi connectivity index (χ3v) is 6.67. The quantitative estimate of drug-likeness (QED) is 0.380. The second-order valence-corrected chi connectivity index (χ2v) is 10.3. The van der Waals surface area contributed by atoms with Crippen molar-refractivity contribution in [3.8, 4) is 0 Å². The zero-order chi connectivity index (χ0) is 26.2. The lowest BCUT2D eigenvalue weighted by atomic mass is 9.92. The van der Waals surface area contributed by atoms with E-state index in [-0.39, 0.29) is 17.9 Å². The third kappa shape index (κ3) is 4.81. The van der Waals surface area contributed by atoms with Crippen LogP contribution in [0.4, 0.5) is 0 Å². The van der Waals surface area contributed by atoms with Gasteiger partial charge in [-0.15, -0.1) is 0 Å². The monoisotopic (exact) mass is 496 g/mol. The summed E-state index contributed by atoms with van der Waals surface area (Å²) in [5.41, 5.74) is 5.19. The molecule has 0 fully saturated rings. The molecular weight excluding hydrogens is 464 g/mol. The largest absolute Gasteiger partial charge is 0.462 e. The number of hydrogen-bond donors (Lipinski definition) is 1. The van der Waals surface area contributed by atoms with Gasteiger partial charge in [-0.05, 0) is 36.6 Å². The molecule has 0 saturated heterocycles. The fraction of sp³-hybridized carbons (Fsp3) is 0.300. The highest BCUT2D eigenvalue weighted by atomic mass is 16.5. The van der Waals surface area contributed by atoms with E-state index < -0.39 is 5.97 Å². The maximum Gasteiger partial charge on any atom is 0.341 e. The van der Waals surface area contributed by atoms with Crippen LogP contribution in [0.2, 0.25) is 0 Å². The molecule has 7 heteroatoms. The zero-order valence-corrected chi connectivity index (χ0v) is 21.7. The predicted molar refractivity (Wildman–Crippen MR) is 144 cm³/mol. The lowest BCUT2D eigenvalue weighted by molar-refractivity contribution is -0.136. The Balaban J connectivity index is 1.57.